The molecule has 2 rings (SSSR count). The molecule has 108 valence electrons. The Labute approximate surface area is 132 Å². The minimum Gasteiger partial charge on any atom is -0.340 e. The van der Waals surface area contributed by atoms with Gasteiger partial charge in [0.25, 0.3) is 5.91 Å². The zero-order valence-corrected chi connectivity index (χ0v) is 13.8. The number of halogens is 1. The van der Waals surface area contributed by atoms with Gasteiger partial charge in [0.2, 0.25) is 0 Å². The fraction of sp³-hybridized carbons (Fsp3) is 0.250. The molecule has 1 heterocycles. The first-order valence-corrected chi connectivity index (χ1v) is 7.39. The van der Waals surface area contributed by atoms with E-state index in [4.69, 9.17) is 5.26 Å². The topological polar surface area (TPSA) is 49.0 Å². The van der Waals surface area contributed by atoms with E-state index in [1.807, 2.05) is 30.7 Å². The third-order valence-corrected chi connectivity index (χ3v) is 3.71. The molecule has 0 aliphatic carbocycles. The maximum absolute atomic E-state index is 12.7. The maximum atomic E-state index is 12.7. The number of rotatable bonds is 3. The van der Waals surface area contributed by atoms with Crippen LogP contribution in [0.3, 0.4) is 0 Å². The van der Waals surface area contributed by atoms with Gasteiger partial charge in [-0.25, -0.2) is 0 Å². The molecule has 0 radical (unpaired) electrons. The number of benzene rings is 1. The molecular formula is C16H16BrN3O. The van der Waals surface area contributed by atoms with Crippen molar-refractivity contribution in [2.45, 2.75) is 19.9 Å². The summed E-state index contributed by atoms with van der Waals surface area (Å²) < 4.78 is 2.78. The number of carbonyl (C=O) groups is 1. The molecule has 0 fully saturated rings. The first-order chi connectivity index (χ1) is 9.95. The molecule has 1 aromatic carbocycles. The summed E-state index contributed by atoms with van der Waals surface area (Å²) >= 11 is 3.41. The zero-order valence-electron chi connectivity index (χ0n) is 12.2. The van der Waals surface area contributed by atoms with Crippen molar-refractivity contribution in [1.29, 1.82) is 5.26 Å². The molecule has 0 atom stereocenters. The largest absolute Gasteiger partial charge is 0.340 e. The molecule has 0 N–H and O–H groups in total. The third-order valence-electron chi connectivity index (χ3n) is 3.28. The second-order valence-corrected chi connectivity index (χ2v) is 5.95. The van der Waals surface area contributed by atoms with E-state index < -0.39 is 0 Å². The van der Waals surface area contributed by atoms with Gasteiger partial charge < -0.3 is 9.47 Å². The normalized spacial score (nSPS) is 10.5. The van der Waals surface area contributed by atoms with Crippen molar-refractivity contribution in [3.8, 4) is 6.07 Å². The van der Waals surface area contributed by atoms with E-state index in [1.165, 1.54) is 4.90 Å². The smallest absolute Gasteiger partial charge is 0.274 e. The number of hydrogen-bond acceptors (Lipinski definition) is 2. The summed E-state index contributed by atoms with van der Waals surface area (Å²) in [4.78, 5) is 14.2. The van der Waals surface area contributed by atoms with Crippen molar-refractivity contribution in [2.75, 3.05) is 11.9 Å². The molecule has 5 heteroatoms. The van der Waals surface area contributed by atoms with Crippen LogP contribution in [0, 0.1) is 11.3 Å². The fourth-order valence-corrected chi connectivity index (χ4v) is 2.62. The van der Waals surface area contributed by atoms with Gasteiger partial charge in [-0.1, -0.05) is 12.1 Å². The Morgan fingerprint density at radius 3 is 2.67 bits per heavy atom. The Balaban J connectivity index is 2.43. The number of anilines is 1. The monoisotopic (exact) mass is 345 g/mol. The van der Waals surface area contributed by atoms with Gasteiger partial charge in [0.1, 0.15) is 11.8 Å². The van der Waals surface area contributed by atoms with Crippen molar-refractivity contribution < 1.29 is 4.79 Å². The van der Waals surface area contributed by atoms with Crippen molar-refractivity contribution in [2.24, 2.45) is 0 Å². The summed E-state index contributed by atoms with van der Waals surface area (Å²) in [5.41, 5.74) is 1.68. The number of amides is 1. The lowest BCUT2D eigenvalue weighted by atomic mass is 10.1. The molecule has 0 saturated carbocycles. The van der Waals surface area contributed by atoms with Gasteiger partial charge in [-0.05, 0) is 48.0 Å². The average Bonchev–Trinajstić information content (AvgIpc) is 2.88. The van der Waals surface area contributed by atoms with Crippen LogP contribution in [0.15, 0.2) is 41.0 Å². The van der Waals surface area contributed by atoms with Crippen molar-refractivity contribution >= 4 is 27.5 Å². The number of hydrogen-bond donors (Lipinski definition) is 0. The molecule has 0 aliphatic heterocycles. The molecular weight excluding hydrogens is 330 g/mol. The number of para-hydroxylation sites is 1. The van der Waals surface area contributed by atoms with Crippen LogP contribution in [0.5, 0.6) is 0 Å². The lowest BCUT2D eigenvalue weighted by Gasteiger charge is -2.20. The Kier molecular flexibility index (Phi) is 4.49. The van der Waals surface area contributed by atoms with E-state index in [0.29, 0.717) is 16.9 Å². The first-order valence-electron chi connectivity index (χ1n) is 6.60. The number of nitriles is 1. The van der Waals surface area contributed by atoms with E-state index in [1.54, 1.807) is 31.3 Å². The molecule has 1 aromatic heterocycles. The van der Waals surface area contributed by atoms with Gasteiger partial charge in [0.15, 0.2) is 0 Å². The quantitative estimate of drug-likeness (QED) is 0.844. The molecule has 4 nitrogen and oxygen atoms in total. The second-order valence-electron chi connectivity index (χ2n) is 5.04. The van der Waals surface area contributed by atoms with Crippen LogP contribution >= 0.6 is 15.9 Å². The van der Waals surface area contributed by atoms with Crippen LogP contribution < -0.4 is 4.90 Å². The maximum Gasteiger partial charge on any atom is 0.274 e. The highest BCUT2D eigenvalue weighted by Crippen LogP contribution is 2.24. The Morgan fingerprint density at radius 2 is 2.05 bits per heavy atom. The Hall–Kier alpha value is -2.06. The third kappa shape index (κ3) is 3.01. The van der Waals surface area contributed by atoms with Crippen LogP contribution in [-0.2, 0) is 0 Å². The van der Waals surface area contributed by atoms with E-state index in [-0.39, 0.29) is 11.9 Å². The predicted molar refractivity (Wildman–Crippen MR) is 86.4 cm³/mol. The van der Waals surface area contributed by atoms with Crippen molar-refractivity contribution in [3.05, 3.63) is 52.3 Å². The second kappa shape index (κ2) is 6.15. The predicted octanol–water partition coefficient (Wildman–Crippen LogP) is 3.98. The van der Waals surface area contributed by atoms with Crippen LogP contribution in [0.25, 0.3) is 0 Å². The highest BCUT2D eigenvalue weighted by molar-refractivity contribution is 9.10. The molecule has 2 aromatic rings. The van der Waals surface area contributed by atoms with Crippen LogP contribution in [0.1, 0.15) is 35.9 Å². The molecule has 1 amide bonds. The summed E-state index contributed by atoms with van der Waals surface area (Å²) in [6.07, 6.45) is 1.89. The van der Waals surface area contributed by atoms with Crippen molar-refractivity contribution in [3.63, 3.8) is 0 Å². The van der Waals surface area contributed by atoms with Gasteiger partial charge in [-0.15, -0.1) is 0 Å². The lowest BCUT2D eigenvalue weighted by molar-refractivity contribution is 0.0982. The van der Waals surface area contributed by atoms with Crippen LogP contribution in [0.2, 0.25) is 0 Å². The van der Waals surface area contributed by atoms with E-state index in [2.05, 4.69) is 22.0 Å². The summed E-state index contributed by atoms with van der Waals surface area (Å²) in [5, 5.41) is 9.17. The molecule has 0 bridgehead atoms. The molecule has 21 heavy (non-hydrogen) atoms. The SMILES string of the molecule is CC(C)n1cc(Br)cc1C(=O)N(C)c1ccccc1C#N. The van der Waals surface area contributed by atoms with Crippen molar-refractivity contribution in [1.82, 2.24) is 4.57 Å². The van der Waals surface area contributed by atoms with Gasteiger partial charge in [-0.3, -0.25) is 4.79 Å². The lowest BCUT2D eigenvalue weighted by Crippen LogP contribution is -2.29. The summed E-state index contributed by atoms with van der Waals surface area (Å²) in [6.45, 7) is 4.04. The minimum atomic E-state index is -0.142. The summed E-state index contributed by atoms with van der Waals surface area (Å²) in [6, 6.07) is 11.2. The number of nitrogens with zero attached hydrogens (tertiary/aromatic N) is 3. The average molecular weight is 346 g/mol. The highest BCUT2D eigenvalue weighted by Gasteiger charge is 2.21. The van der Waals surface area contributed by atoms with Gasteiger partial charge in [0, 0.05) is 23.8 Å². The van der Waals surface area contributed by atoms with E-state index in [9.17, 15) is 4.79 Å². The minimum absolute atomic E-state index is 0.142. The standard InChI is InChI=1S/C16H16BrN3O/c1-11(2)20-10-13(17)8-15(20)16(21)19(3)14-7-5-4-6-12(14)9-18/h4-8,10-11H,1-3H3. The van der Waals surface area contributed by atoms with E-state index in [0.717, 1.165) is 4.47 Å². The highest BCUT2D eigenvalue weighted by atomic mass is 79.9. The van der Waals surface area contributed by atoms with Gasteiger partial charge in [-0.2, -0.15) is 5.26 Å². The fourth-order valence-electron chi connectivity index (χ4n) is 2.19. The first kappa shape index (κ1) is 15.3. The Morgan fingerprint density at radius 1 is 1.38 bits per heavy atom. The van der Waals surface area contributed by atoms with Gasteiger partial charge >= 0.3 is 0 Å². The molecule has 0 aliphatic rings. The number of aromatic nitrogens is 1. The Bertz CT molecular complexity index is 713. The molecule has 0 spiro atoms. The van der Waals surface area contributed by atoms with E-state index >= 15 is 0 Å². The van der Waals surface area contributed by atoms with Crippen LogP contribution in [-0.4, -0.2) is 17.5 Å². The summed E-state index contributed by atoms with van der Waals surface area (Å²) in [5.74, 6) is -0.142. The van der Waals surface area contributed by atoms with Gasteiger partial charge in [0.05, 0.1) is 11.3 Å². The molecule has 0 saturated heterocycles. The number of carbonyl (C=O) groups excluding carboxylic acids is 1. The zero-order chi connectivity index (χ0) is 15.6. The summed E-state index contributed by atoms with van der Waals surface area (Å²) in [7, 11) is 1.68. The van der Waals surface area contributed by atoms with Crippen LogP contribution in [0.4, 0.5) is 5.69 Å². The molecule has 0 unspecified atom stereocenters.